The van der Waals surface area contributed by atoms with Crippen molar-refractivity contribution in [1.82, 2.24) is 9.78 Å². The molecule has 1 aromatic heterocycles. The summed E-state index contributed by atoms with van der Waals surface area (Å²) in [5, 5.41) is 7.03. The third kappa shape index (κ3) is 4.18. The van der Waals surface area contributed by atoms with Crippen molar-refractivity contribution in [2.45, 2.75) is 23.3 Å². The van der Waals surface area contributed by atoms with Crippen molar-refractivity contribution in [3.8, 4) is 5.69 Å². The van der Waals surface area contributed by atoms with Crippen LogP contribution in [0.4, 0.5) is 27.8 Å². The van der Waals surface area contributed by atoms with Gasteiger partial charge in [0.15, 0.2) is 0 Å². The molecule has 0 spiro atoms. The average molecular weight is 419 g/mol. The maximum Gasteiger partial charge on any atom is 0.416 e. The molecule has 136 valence electrons. The van der Waals surface area contributed by atoms with Gasteiger partial charge in [0.1, 0.15) is 17.2 Å². The van der Waals surface area contributed by atoms with E-state index in [9.17, 15) is 22.0 Å². The quantitative estimate of drug-likeness (QED) is 0.392. The lowest BCUT2D eigenvalue weighted by Crippen LogP contribution is -2.09. The molecule has 0 saturated heterocycles. The molecule has 0 bridgehead atoms. The first-order valence-corrected chi connectivity index (χ1v) is 7.95. The summed E-state index contributed by atoms with van der Waals surface area (Å²) in [6.07, 6.45) is -3.99. The fourth-order valence-electron chi connectivity index (χ4n) is 1.91. The average Bonchev–Trinajstić information content (AvgIpc) is 2.73. The van der Waals surface area contributed by atoms with Crippen molar-refractivity contribution in [2.24, 2.45) is 0 Å². The van der Waals surface area contributed by atoms with Gasteiger partial charge in [-0.05, 0) is 23.9 Å². The summed E-state index contributed by atoms with van der Waals surface area (Å²) < 4.78 is 65.8. The number of rotatable bonds is 4. The third-order valence-corrected chi connectivity index (χ3v) is 4.43. The van der Waals surface area contributed by atoms with E-state index in [0.717, 1.165) is 4.68 Å². The molecule has 12 heteroatoms. The molecule has 1 aromatic carbocycles. The van der Waals surface area contributed by atoms with Gasteiger partial charge in [-0.1, -0.05) is 23.2 Å². The Morgan fingerprint density at radius 1 is 1.20 bits per heavy atom. The SMILES string of the molecule is CC(F)(F)Sc1c(C=N)nn(-c2c(Cl)cc(C(F)(F)F)cc2Cl)c1N. The van der Waals surface area contributed by atoms with Gasteiger partial charge < -0.3 is 11.1 Å². The summed E-state index contributed by atoms with van der Waals surface area (Å²) in [6, 6.07) is 1.24. The topological polar surface area (TPSA) is 67.7 Å². The lowest BCUT2D eigenvalue weighted by molar-refractivity contribution is -0.137. The van der Waals surface area contributed by atoms with Gasteiger partial charge >= 0.3 is 6.18 Å². The molecule has 0 aliphatic rings. The number of nitrogen functional groups attached to an aromatic ring is 1. The van der Waals surface area contributed by atoms with E-state index in [1.807, 2.05) is 0 Å². The summed E-state index contributed by atoms with van der Waals surface area (Å²) >= 11 is 11.8. The molecule has 1 heterocycles. The second kappa shape index (κ2) is 6.65. The number of halogens is 7. The summed E-state index contributed by atoms with van der Waals surface area (Å²) in [6.45, 7) is 0.625. The molecule has 0 amide bonds. The van der Waals surface area contributed by atoms with Crippen LogP contribution in [0.5, 0.6) is 0 Å². The van der Waals surface area contributed by atoms with Crippen LogP contribution in [0.3, 0.4) is 0 Å². The molecule has 0 aliphatic heterocycles. The minimum absolute atomic E-state index is 0.0541. The number of nitrogens with two attached hydrogens (primary N) is 1. The molecule has 4 nitrogen and oxygen atoms in total. The Morgan fingerprint density at radius 2 is 1.72 bits per heavy atom. The number of thioether (sulfide) groups is 1. The molecule has 25 heavy (non-hydrogen) atoms. The minimum Gasteiger partial charge on any atom is -0.383 e. The first-order chi connectivity index (χ1) is 11.3. The number of alkyl halides is 5. The van der Waals surface area contributed by atoms with E-state index in [1.54, 1.807) is 0 Å². The van der Waals surface area contributed by atoms with E-state index in [2.05, 4.69) is 5.10 Å². The fourth-order valence-corrected chi connectivity index (χ4v) is 3.32. The van der Waals surface area contributed by atoms with Crippen molar-refractivity contribution in [2.75, 3.05) is 5.73 Å². The second-order valence-corrected chi connectivity index (χ2v) is 7.00. The maximum absolute atomic E-state index is 13.3. The fraction of sp³-hybridized carbons (Fsp3) is 0.231. The number of anilines is 1. The van der Waals surface area contributed by atoms with Crippen molar-refractivity contribution in [3.63, 3.8) is 0 Å². The normalized spacial score (nSPS) is 12.5. The first kappa shape index (κ1) is 19.8. The molecule has 0 unspecified atom stereocenters. The zero-order valence-electron chi connectivity index (χ0n) is 12.3. The number of benzene rings is 1. The van der Waals surface area contributed by atoms with E-state index < -0.39 is 27.0 Å². The molecule has 0 radical (unpaired) electrons. The van der Waals surface area contributed by atoms with Gasteiger partial charge in [-0.15, -0.1) is 0 Å². The van der Waals surface area contributed by atoms with Crippen molar-refractivity contribution < 1.29 is 22.0 Å². The predicted molar refractivity (Wildman–Crippen MR) is 87.4 cm³/mol. The van der Waals surface area contributed by atoms with Gasteiger partial charge in [0, 0.05) is 13.1 Å². The highest BCUT2D eigenvalue weighted by molar-refractivity contribution is 8.00. The Hall–Kier alpha value is -1.52. The van der Waals surface area contributed by atoms with Gasteiger partial charge in [-0.2, -0.15) is 27.1 Å². The summed E-state index contributed by atoms with van der Waals surface area (Å²) in [5.74, 6) is -0.325. The monoisotopic (exact) mass is 418 g/mol. The van der Waals surface area contributed by atoms with Gasteiger partial charge in [0.2, 0.25) is 0 Å². The molecular weight excluding hydrogens is 410 g/mol. The van der Waals surface area contributed by atoms with Crippen LogP contribution in [0, 0.1) is 5.41 Å². The smallest absolute Gasteiger partial charge is 0.383 e. The minimum atomic E-state index is -4.67. The Balaban J connectivity index is 2.66. The summed E-state index contributed by atoms with van der Waals surface area (Å²) in [5.41, 5.74) is 4.30. The number of aromatic nitrogens is 2. The number of nitrogens with zero attached hydrogens (tertiary/aromatic N) is 2. The van der Waals surface area contributed by atoms with Gasteiger partial charge in [-0.25, -0.2) is 4.68 Å². The van der Waals surface area contributed by atoms with E-state index in [-0.39, 0.29) is 33.9 Å². The highest BCUT2D eigenvalue weighted by atomic mass is 35.5. The number of nitrogens with one attached hydrogen (secondary N) is 1. The van der Waals surface area contributed by atoms with Crippen LogP contribution < -0.4 is 5.73 Å². The zero-order chi connectivity index (χ0) is 19.2. The molecule has 0 saturated carbocycles. The highest BCUT2D eigenvalue weighted by Gasteiger charge is 2.33. The van der Waals surface area contributed by atoms with Crippen molar-refractivity contribution in [3.05, 3.63) is 33.4 Å². The third-order valence-electron chi connectivity index (χ3n) is 2.88. The maximum atomic E-state index is 13.3. The van der Waals surface area contributed by atoms with Crippen LogP contribution in [0.25, 0.3) is 5.69 Å². The number of hydrogen-bond donors (Lipinski definition) is 2. The standard InChI is InChI=1S/C13H9Cl2F5N4S/c1-12(16,17)25-10-8(4-21)23-24(11(10)22)9-6(14)2-5(3-7(9)15)13(18,19)20/h2-4,21H,22H2,1H3. The zero-order valence-corrected chi connectivity index (χ0v) is 14.6. The van der Waals surface area contributed by atoms with Crippen molar-refractivity contribution in [1.29, 1.82) is 5.41 Å². The van der Waals surface area contributed by atoms with Crippen LogP contribution in [-0.4, -0.2) is 21.2 Å². The molecule has 0 atom stereocenters. The lowest BCUT2D eigenvalue weighted by atomic mass is 10.2. The molecule has 0 aliphatic carbocycles. The highest BCUT2D eigenvalue weighted by Crippen LogP contribution is 2.43. The molecule has 0 fully saturated rings. The van der Waals surface area contributed by atoms with E-state index in [1.165, 1.54) is 0 Å². The molecule has 3 N–H and O–H groups in total. The largest absolute Gasteiger partial charge is 0.416 e. The predicted octanol–water partition coefficient (Wildman–Crippen LogP) is 5.48. The Kier molecular flexibility index (Phi) is 5.27. The van der Waals surface area contributed by atoms with E-state index in [0.29, 0.717) is 25.3 Å². The van der Waals surface area contributed by atoms with Crippen LogP contribution in [0.1, 0.15) is 18.2 Å². The molecule has 2 aromatic rings. The van der Waals surface area contributed by atoms with Gasteiger partial charge in [-0.3, -0.25) is 0 Å². The lowest BCUT2D eigenvalue weighted by Gasteiger charge is -2.13. The Bertz CT molecular complexity index is 806. The van der Waals surface area contributed by atoms with Gasteiger partial charge in [0.25, 0.3) is 5.25 Å². The molecular formula is C13H9Cl2F5N4S. The summed E-state index contributed by atoms with van der Waals surface area (Å²) in [4.78, 5) is -0.213. The second-order valence-electron chi connectivity index (χ2n) is 4.85. The Labute approximate surface area is 152 Å². The van der Waals surface area contributed by atoms with Crippen LogP contribution in [-0.2, 0) is 6.18 Å². The van der Waals surface area contributed by atoms with Crippen LogP contribution >= 0.6 is 35.0 Å². The van der Waals surface area contributed by atoms with Crippen molar-refractivity contribution >= 4 is 47.0 Å². The first-order valence-electron chi connectivity index (χ1n) is 6.37. The van der Waals surface area contributed by atoms with Crippen LogP contribution in [0.15, 0.2) is 17.0 Å². The van der Waals surface area contributed by atoms with Crippen LogP contribution in [0.2, 0.25) is 10.0 Å². The van der Waals surface area contributed by atoms with E-state index >= 15 is 0 Å². The molecule has 2 rings (SSSR count). The number of hydrogen-bond acceptors (Lipinski definition) is 4. The van der Waals surface area contributed by atoms with Gasteiger partial charge in [0.05, 0.1) is 20.5 Å². The summed E-state index contributed by atoms with van der Waals surface area (Å²) in [7, 11) is 0. The Morgan fingerprint density at radius 3 is 2.12 bits per heavy atom. The van der Waals surface area contributed by atoms with E-state index in [4.69, 9.17) is 34.3 Å².